The maximum absolute atomic E-state index is 12.4. The van der Waals surface area contributed by atoms with E-state index in [0.717, 1.165) is 28.6 Å². The van der Waals surface area contributed by atoms with Gasteiger partial charge in [-0.3, -0.25) is 0 Å². The highest BCUT2D eigenvalue weighted by molar-refractivity contribution is 9.10. The summed E-state index contributed by atoms with van der Waals surface area (Å²) in [6.07, 6.45) is 1.35. The average molecular weight is 441 g/mol. The van der Waals surface area contributed by atoms with Crippen molar-refractivity contribution in [3.05, 3.63) is 27.7 Å². The highest BCUT2D eigenvalue weighted by Gasteiger charge is 2.32. The van der Waals surface area contributed by atoms with E-state index in [2.05, 4.69) is 21.2 Å². The van der Waals surface area contributed by atoms with Gasteiger partial charge in [0.05, 0.1) is 12.7 Å². The third-order valence-corrected chi connectivity index (χ3v) is 5.10. The van der Waals surface area contributed by atoms with E-state index in [1.807, 2.05) is 40.7 Å². The number of nitrogens with one attached hydrogen (secondary N) is 1. The number of methoxy groups -OCH3 is 1. The van der Waals surface area contributed by atoms with Gasteiger partial charge in [-0.2, -0.15) is 0 Å². The van der Waals surface area contributed by atoms with Crippen LogP contribution >= 0.6 is 15.9 Å². The van der Waals surface area contributed by atoms with Crippen LogP contribution in [0.15, 0.2) is 16.6 Å². The normalized spacial score (nSPS) is 20.2. The third kappa shape index (κ3) is 5.61. The van der Waals surface area contributed by atoms with E-state index in [1.54, 1.807) is 11.0 Å². The first kappa shape index (κ1) is 21.5. The minimum atomic E-state index is -0.496. The fourth-order valence-corrected chi connectivity index (χ4v) is 3.72. The van der Waals surface area contributed by atoms with E-state index < -0.39 is 5.60 Å². The van der Waals surface area contributed by atoms with Crippen LogP contribution in [0.1, 0.15) is 56.5 Å². The second-order valence-electron chi connectivity index (χ2n) is 8.01. The molecule has 0 aliphatic carbocycles. The number of ether oxygens (including phenoxy) is 2. The quantitative estimate of drug-likeness (QED) is 0.687. The lowest BCUT2D eigenvalue weighted by Crippen LogP contribution is -2.49. The zero-order valence-corrected chi connectivity index (χ0v) is 18.5. The highest BCUT2D eigenvalue weighted by Crippen LogP contribution is 2.29. The molecule has 2 rings (SSSR count). The Kier molecular flexibility index (Phi) is 6.78. The molecule has 6 nitrogen and oxygen atoms in total. The number of amides is 1. The molecule has 1 aliphatic heterocycles. The lowest BCUT2D eigenvalue weighted by atomic mass is 9.97. The Hall–Kier alpha value is -1.76. The number of benzene rings is 1. The van der Waals surface area contributed by atoms with E-state index in [0.29, 0.717) is 12.1 Å². The van der Waals surface area contributed by atoms with Crippen LogP contribution in [-0.4, -0.2) is 48.3 Å². The summed E-state index contributed by atoms with van der Waals surface area (Å²) >= 11 is 3.46. The van der Waals surface area contributed by atoms with Gasteiger partial charge in [0.2, 0.25) is 0 Å². The van der Waals surface area contributed by atoms with E-state index in [-0.39, 0.29) is 24.1 Å². The van der Waals surface area contributed by atoms with Gasteiger partial charge in [0.1, 0.15) is 5.60 Å². The molecule has 1 saturated heterocycles. The molecule has 150 valence electrons. The summed E-state index contributed by atoms with van der Waals surface area (Å²) in [5.41, 5.74) is 1.79. The van der Waals surface area contributed by atoms with Gasteiger partial charge in [0, 0.05) is 28.8 Å². The van der Waals surface area contributed by atoms with Gasteiger partial charge in [0.25, 0.3) is 0 Å². The van der Waals surface area contributed by atoms with Crippen LogP contribution in [0.3, 0.4) is 0 Å². The summed E-state index contributed by atoms with van der Waals surface area (Å²) in [7, 11) is 1.38. The smallest absolute Gasteiger partial charge is 0.410 e. The number of carbonyl (C=O) groups excluding carboxylic acids is 2. The van der Waals surface area contributed by atoms with E-state index in [1.165, 1.54) is 7.11 Å². The first-order valence-electron chi connectivity index (χ1n) is 9.16. The molecule has 1 heterocycles. The Labute approximate surface area is 169 Å². The minimum absolute atomic E-state index is 0.0682. The van der Waals surface area contributed by atoms with Gasteiger partial charge >= 0.3 is 12.1 Å². The molecule has 1 aromatic rings. The van der Waals surface area contributed by atoms with Gasteiger partial charge in [0.15, 0.2) is 0 Å². The van der Waals surface area contributed by atoms with Crippen LogP contribution in [0.4, 0.5) is 10.5 Å². The summed E-state index contributed by atoms with van der Waals surface area (Å²) < 4.78 is 11.2. The molecule has 0 bridgehead atoms. The monoisotopic (exact) mass is 440 g/mol. The Morgan fingerprint density at radius 3 is 2.52 bits per heavy atom. The molecule has 2 unspecified atom stereocenters. The average Bonchev–Trinajstić information content (AvgIpc) is 2.55. The summed E-state index contributed by atoms with van der Waals surface area (Å²) in [4.78, 5) is 26.1. The molecular formula is C20H29BrN2O4. The standard InChI is InChI=1S/C20H29BrN2O4/c1-12-9-15(7-8-23(12)19(25)27-20(3,4)5)22-17-11-14(21)10-16(13(17)2)18(24)26-6/h10-12,15,22H,7-9H2,1-6H3. The SMILES string of the molecule is COC(=O)c1cc(Br)cc(NC2CCN(C(=O)OC(C)(C)C)C(C)C2)c1C. The first-order chi connectivity index (χ1) is 12.5. The number of hydrogen-bond donors (Lipinski definition) is 1. The van der Waals surface area contributed by atoms with Crippen LogP contribution in [0.2, 0.25) is 0 Å². The van der Waals surface area contributed by atoms with Crippen molar-refractivity contribution in [1.82, 2.24) is 4.90 Å². The van der Waals surface area contributed by atoms with Crippen LogP contribution in [0.25, 0.3) is 0 Å². The molecule has 27 heavy (non-hydrogen) atoms. The number of esters is 1. The predicted octanol–water partition coefficient (Wildman–Crippen LogP) is 4.74. The van der Waals surface area contributed by atoms with Crippen LogP contribution in [-0.2, 0) is 9.47 Å². The second kappa shape index (κ2) is 8.50. The van der Waals surface area contributed by atoms with E-state index in [9.17, 15) is 9.59 Å². The summed E-state index contributed by atoms with van der Waals surface area (Å²) in [6.45, 7) is 10.2. The Morgan fingerprint density at radius 1 is 1.30 bits per heavy atom. The minimum Gasteiger partial charge on any atom is -0.465 e. The third-order valence-electron chi connectivity index (χ3n) is 4.64. The highest BCUT2D eigenvalue weighted by atomic mass is 79.9. The zero-order valence-electron chi connectivity index (χ0n) is 16.9. The summed E-state index contributed by atoms with van der Waals surface area (Å²) in [5.74, 6) is -0.357. The van der Waals surface area contributed by atoms with Crippen molar-refractivity contribution in [2.45, 2.75) is 65.1 Å². The second-order valence-corrected chi connectivity index (χ2v) is 8.92. The Morgan fingerprint density at radius 2 is 1.96 bits per heavy atom. The molecule has 1 aromatic carbocycles. The van der Waals surface area contributed by atoms with Crippen LogP contribution in [0, 0.1) is 6.92 Å². The van der Waals surface area contributed by atoms with Gasteiger partial charge in [-0.15, -0.1) is 0 Å². The number of piperidine rings is 1. The molecule has 1 amide bonds. The van der Waals surface area contributed by atoms with Gasteiger partial charge in [-0.25, -0.2) is 9.59 Å². The predicted molar refractivity (Wildman–Crippen MR) is 109 cm³/mol. The van der Waals surface area contributed by atoms with Crippen molar-refractivity contribution in [2.24, 2.45) is 0 Å². The van der Waals surface area contributed by atoms with E-state index >= 15 is 0 Å². The van der Waals surface area contributed by atoms with Crippen molar-refractivity contribution in [3.8, 4) is 0 Å². The lowest BCUT2D eigenvalue weighted by Gasteiger charge is -2.39. The number of nitrogens with zero attached hydrogens (tertiary/aromatic N) is 1. The number of carbonyl (C=O) groups is 2. The molecular weight excluding hydrogens is 412 g/mol. The fraction of sp³-hybridized carbons (Fsp3) is 0.600. The fourth-order valence-electron chi connectivity index (χ4n) is 3.27. The Balaban J connectivity index is 2.08. The molecule has 0 saturated carbocycles. The van der Waals surface area contributed by atoms with Crippen LogP contribution in [0.5, 0.6) is 0 Å². The van der Waals surface area contributed by atoms with Crippen molar-refractivity contribution in [1.29, 1.82) is 0 Å². The maximum Gasteiger partial charge on any atom is 0.410 e. The number of rotatable bonds is 3. The topological polar surface area (TPSA) is 67.9 Å². The summed E-state index contributed by atoms with van der Waals surface area (Å²) in [5, 5.41) is 3.53. The number of hydrogen-bond acceptors (Lipinski definition) is 5. The van der Waals surface area contributed by atoms with Crippen molar-refractivity contribution in [2.75, 3.05) is 19.0 Å². The van der Waals surface area contributed by atoms with Crippen molar-refractivity contribution < 1.29 is 19.1 Å². The van der Waals surface area contributed by atoms with Gasteiger partial charge < -0.3 is 19.7 Å². The van der Waals surface area contributed by atoms with Crippen LogP contribution < -0.4 is 5.32 Å². The van der Waals surface area contributed by atoms with Crippen molar-refractivity contribution in [3.63, 3.8) is 0 Å². The molecule has 0 spiro atoms. The number of likely N-dealkylation sites (tertiary alicyclic amines) is 1. The molecule has 0 aromatic heterocycles. The molecule has 1 N–H and O–H groups in total. The molecule has 2 atom stereocenters. The molecule has 1 aliphatic rings. The largest absolute Gasteiger partial charge is 0.465 e. The zero-order chi connectivity index (χ0) is 20.4. The van der Waals surface area contributed by atoms with Crippen molar-refractivity contribution >= 4 is 33.7 Å². The van der Waals surface area contributed by atoms with Gasteiger partial charge in [-0.1, -0.05) is 15.9 Å². The Bertz CT molecular complexity index is 715. The molecule has 0 radical (unpaired) electrons. The number of anilines is 1. The van der Waals surface area contributed by atoms with E-state index in [4.69, 9.17) is 9.47 Å². The molecule has 7 heteroatoms. The first-order valence-corrected chi connectivity index (χ1v) is 9.95. The number of halogens is 1. The maximum atomic E-state index is 12.4. The van der Waals surface area contributed by atoms with Gasteiger partial charge in [-0.05, 0) is 65.2 Å². The molecule has 1 fully saturated rings. The lowest BCUT2D eigenvalue weighted by molar-refractivity contribution is 0.0112. The summed E-state index contributed by atoms with van der Waals surface area (Å²) in [6, 6.07) is 4.00.